The zero-order valence-corrected chi connectivity index (χ0v) is 14.6. The average molecular weight is 341 g/mol. The normalized spacial score (nSPS) is 13.8. The maximum atomic E-state index is 12.3. The number of ether oxygens (including phenoxy) is 3. The Kier molecular flexibility index (Phi) is 5.43. The van der Waals surface area contributed by atoms with Crippen LogP contribution in [0.15, 0.2) is 42.5 Å². The molecule has 0 fully saturated rings. The number of carbonyl (C=O) groups excluding carboxylic acids is 1. The minimum atomic E-state index is -0.106. The van der Waals surface area contributed by atoms with Gasteiger partial charge in [-0.3, -0.25) is 4.79 Å². The first-order valence-electron chi connectivity index (χ1n) is 8.56. The molecule has 0 bridgehead atoms. The van der Waals surface area contributed by atoms with Crippen LogP contribution in [0.25, 0.3) is 0 Å². The first-order chi connectivity index (χ1) is 12.2. The van der Waals surface area contributed by atoms with Gasteiger partial charge >= 0.3 is 0 Å². The molecule has 2 aromatic rings. The first-order valence-corrected chi connectivity index (χ1v) is 8.56. The molecule has 1 N–H and O–H groups in total. The summed E-state index contributed by atoms with van der Waals surface area (Å²) >= 11 is 0. The van der Waals surface area contributed by atoms with Crippen LogP contribution in [0.3, 0.4) is 0 Å². The molecule has 0 saturated heterocycles. The van der Waals surface area contributed by atoms with Gasteiger partial charge in [-0.15, -0.1) is 0 Å². The van der Waals surface area contributed by atoms with E-state index in [0.29, 0.717) is 26.2 Å². The fraction of sp³-hybridized carbons (Fsp3) is 0.350. The summed E-state index contributed by atoms with van der Waals surface area (Å²) in [5, 5.41) is 3.02. The lowest BCUT2D eigenvalue weighted by Gasteiger charge is -2.21. The largest absolute Gasteiger partial charge is 0.494 e. The van der Waals surface area contributed by atoms with Crippen molar-refractivity contribution in [2.24, 2.45) is 0 Å². The average Bonchev–Trinajstić information content (AvgIpc) is 2.63. The van der Waals surface area contributed by atoms with E-state index in [9.17, 15) is 4.79 Å². The summed E-state index contributed by atoms with van der Waals surface area (Å²) in [6.07, 6.45) is 0.335. The van der Waals surface area contributed by atoms with Crippen molar-refractivity contribution in [3.8, 4) is 17.2 Å². The molecule has 0 spiro atoms. The number of benzene rings is 2. The molecule has 25 heavy (non-hydrogen) atoms. The van der Waals surface area contributed by atoms with Crippen LogP contribution in [0.2, 0.25) is 0 Å². The second-order valence-corrected chi connectivity index (χ2v) is 5.95. The van der Waals surface area contributed by atoms with Crippen molar-refractivity contribution in [1.82, 2.24) is 5.32 Å². The van der Waals surface area contributed by atoms with Gasteiger partial charge < -0.3 is 19.5 Å². The Balaban J connectivity index is 1.58. The summed E-state index contributed by atoms with van der Waals surface area (Å²) in [5.74, 6) is 2.28. The number of hydrogen-bond donors (Lipinski definition) is 1. The van der Waals surface area contributed by atoms with Crippen molar-refractivity contribution in [3.05, 3.63) is 53.6 Å². The van der Waals surface area contributed by atoms with Gasteiger partial charge in [0.1, 0.15) is 19.0 Å². The van der Waals surface area contributed by atoms with Crippen molar-refractivity contribution < 1.29 is 19.0 Å². The molecule has 0 aliphatic carbocycles. The highest BCUT2D eigenvalue weighted by Crippen LogP contribution is 2.32. The number of fused-ring (bicyclic) bond motifs is 1. The summed E-state index contributed by atoms with van der Waals surface area (Å²) in [6.45, 7) is 5.66. The van der Waals surface area contributed by atoms with Gasteiger partial charge in [-0.25, -0.2) is 0 Å². The fourth-order valence-corrected chi connectivity index (χ4v) is 2.76. The van der Waals surface area contributed by atoms with Gasteiger partial charge in [0.25, 0.3) is 0 Å². The van der Waals surface area contributed by atoms with Gasteiger partial charge in [0, 0.05) is 0 Å². The van der Waals surface area contributed by atoms with Crippen LogP contribution in [0.4, 0.5) is 0 Å². The number of hydrogen-bond acceptors (Lipinski definition) is 4. The Hall–Kier alpha value is -2.69. The molecule has 1 aliphatic heterocycles. The summed E-state index contributed by atoms with van der Waals surface area (Å²) in [4.78, 5) is 12.3. The predicted molar refractivity (Wildman–Crippen MR) is 95.3 cm³/mol. The maximum Gasteiger partial charge on any atom is 0.224 e. The van der Waals surface area contributed by atoms with Crippen LogP contribution in [-0.2, 0) is 11.2 Å². The van der Waals surface area contributed by atoms with Crippen LogP contribution < -0.4 is 19.5 Å². The highest BCUT2D eigenvalue weighted by atomic mass is 16.6. The molecule has 0 saturated carbocycles. The third-order valence-electron chi connectivity index (χ3n) is 4.04. The zero-order valence-electron chi connectivity index (χ0n) is 14.6. The molecule has 1 heterocycles. The summed E-state index contributed by atoms with van der Waals surface area (Å²) < 4.78 is 16.5. The summed E-state index contributed by atoms with van der Waals surface area (Å²) in [6, 6.07) is 13.3. The van der Waals surface area contributed by atoms with Crippen LogP contribution in [0.1, 0.15) is 31.0 Å². The molecule has 0 radical (unpaired) electrons. The van der Waals surface area contributed by atoms with Crippen molar-refractivity contribution >= 4 is 5.91 Å². The second-order valence-electron chi connectivity index (χ2n) is 5.95. The zero-order chi connectivity index (χ0) is 17.6. The van der Waals surface area contributed by atoms with E-state index in [4.69, 9.17) is 14.2 Å². The Bertz CT molecular complexity index is 727. The number of rotatable bonds is 6. The minimum absolute atomic E-state index is 0.0217. The molecule has 5 nitrogen and oxygen atoms in total. The molecule has 0 aromatic heterocycles. The van der Waals surface area contributed by atoms with Gasteiger partial charge in [-0.2, -0.15) is 0 Å². The van der Waals surface area contributed by atoms with Gasteiger partial charge in [0.15, 0.2) is 11.5 Å². The Labute approximate surface area is 147 Å². The molecule has 5 heteroatoms. The second kappa shape index (κ2) is 7.92. The number of amides is 1. The van der Waals surface area contributed by atoms with Crippen molar-refractivity contribution in [2.45, 2.75) is 26.3 Å². The molecule has 3 rings (SSSR count). The van der Waals surface area contributed by atoms with E-state index in [1.165, 1.54) is 0 Å². The monoisotopic (exact) mass is 341 g/mol. The fourth-order valence-electron chi connectivity index (χ4n) is 2.76. The van der Waals surface area contributed by atoms with Crippen molar-refractivity contribution in [2.75, 3.05) is 19.8 Å². The predicted octanol–water partition coefficient (Wildman–Crippen LogP) is 3.28. The molecule has 132 valence electrons. The maximum absolute atomic E-state index is 12.3. The SMILES string of the molecule is CCOc1ccc(CC(=O)NC(C)c2ccc3c(c2)OCCO3)cc1. The number of carbonyl (C=O) groups is 1. The summed E-state index contributed by atoms with van der Waals surface area (Å²) in [7, 11) is 0. The van der Waals surface area contributed by atoms with Gasteiger partial charge in [0.2, 0.25) is 5.91 Å². The third-order valence-corrected chi connectivity index (χ3v) is 4.04. The van der Waals surface area contributed by atoms with Crippen LogP contribution in [0.5, 0.6) is 17.2 Å². The van der Waals surface area contributed by atoms with Crippen LogP contribution in [-0.4, -0.2) is 25.7 Å². The summed E-state index contributed by atoms with van der Waals surface area (Å²) in [5.41, 5.74) is 1.94. The lowest BCUT2D eigenvalue weighted by atomic mass is 10.1. The van der Waals surface area contributed by atoms with E-state index < -0.39 is 0 Å². The third kappa shape index (κ3) is 4.44. The van der Waals surface area contributed by atoms with E-state index in [1.807, 2.05) is 56.3 Å². The van der Waals surface area contributed by atoms with Crippen LogP contribution in [0, 0.1) is 0 Å². The van der Waals surface area contributed by atoms with E-state index in [0.717, 1.165) is 28.4 Å². The highest BCUT2D eigenvalue weighted by Gasteiger charge is 2.16. The lowest BCUT2D eigenvalue weighted by molar-refractivity contribution is -0.121. The van der Waals surface area contributed by atoms with Crippen LogP contribution >= 0.6 is 0 Å². The first kappa shape index (κ1) is 17.1. The quantitative estimate of drug-likeness (QED) is 0.876. The Morgan fingerprint density at radius 1 is 1.12 bits per heavy atom. The van der Waals surface area contributed by atoms with Gasteiger partial charge in [-0.05, 0) is 49.2 Å². The molecule has 2 aromatic carbocycles. The molecule has 1 aliphatic rings. The molecular weight excluding hydrogens is 318 g/mol. The molecule has 1 unspecified atom stereocenters. The van der Waals surface area contributed by atoms with E-state index in [2.05, 4.69) is 5.32 Å². The number of nitrogens with one attached hydrogen (secondary N) is 1. The van der Waals surface area contributed by atoms with Crippen molar-refractivity contribution in [3.63, 3.8) is 0 Å². The lowest BCUT2D eigenvalue weighted by Crippen LogP contribution is -2.28. The van der Waals surface area contributed by atoms with E-state index in [1.54, 1.807) is 0 Å². The Morgan fingerprint density at radius 2 is 1.84 bits per heavy atom. The molecule has 1 atom stereocenters. The Morgan fingerprint density at radius 3 is 2.56 bits per heavy atom. The van der Waals surface area contributed by atoms with E-state index in [-0.39, 0.29) is 11.9 Å². The van der Waals surface area contributed by atoms with Gasteiger partial charge in [-0.1, -0.05) is 18.2 Å². The van der Waals surface area contributed by atoms with Gasteiger partial charge in [0.05, 0.1) is 19.1 Å². The molecule has 1 amide bonds. The topological polar surface area (TPSA) is 56.8 Å². The smallest absolute Gasteiger partial charge is 0.224 e. The highest BCUT2D eigenvalue weighted by molar-refractivity contribution is 5.79. The van der Waals surface area contributed by atoms with Crippen molar-refractivity contribution in [1.29, 1.82) is 0 Å². The van der Waals surface area contributed by atoms with E-state index >= 15 is 0 Å². The standard InChI is InChI=1S/C20H23NO4/c1-3-23-17-7-4-15(5-8-17)12-20(22)21-14(2)16-6-9-18-19(13-16)25-11-10-24-18/h4-9,13-14H,3,10-12H2,1-2H3,(H,21,22). The molecular formula is C20H23NO4. The minimum Gasteiger partial charge on any atom is -0.494 e.